The zero-order chi connectivity index (χ0) is 19.4. The molecule has 0 fully saturated rings. The maximum absolute atomic E-state index is 11.7. The fourth-order valence-corrected chi connectivity index (χ4v) is 2.44. The predicted octanol–water partition coefficient (Wildman–Crippen LogP) is 5.26. The number of azo groups is 1. The molecule has 136 valence electrons. The van der Waals surface area contributed by atoms with E-state index in [0.29, 0.717) is 11.4 Å². The molecule has 3 aromatic carbocycles. The SMILES string of the molecule is Cc1ccc(N=Nc2c(O)cc(Nc3ccccc3)c(O)c2C(=O)O)cc1. The van der Waals surface area contributed by atoms with Crippen LogP contribution in [0.4, 0.5) is 22.7 Å². The highest BCUT2D eigenvalue weighted by Crippen LogP contribution is 2.43. The highest BCUT2D eigenvalue weighted by Gasteiger charge is 2.23. The Morgan fingerprint density at radius 2 is 1.63 bits per heavy atom. The first kappa shape index (κ1) is 17.9. The minimum absolute atomic E-state index is 0.0467. The van der Waals surface area contributed by atoms with E-state index in [9.17, 15) is 20.1 Å². The zero-order valence-electron chi connectivity index (χ0n) is 14.4. The summed E-state index contributed by atoms with van der Waals surface area (Å²) < 4.78 is 0. The highest BCUT2D eigenvalue weighted by atomic mass is 16.4. The lowest BCUT2D eigenvalue weighted by molar-refractivity contribution is 0.0694. The number of carboxylic acids is 1. The Balaban J connectivity index is 2.02. The van der Waals surface area contributed by atoms with Crippen LogP contribution in [0.3, 0.4) is 0 Å². The fraction of sp³-hybridized carbons (Fsp3) is 0.0500. The van der Waals surface area contributed by atoms with E-state index in [-0.39, 0.29) is 11.4 Å². The van der Waals surface area contributed by atoms with Gasteiger partial charge in [-0.2, -0.15) is 5.11 Å². The van der Waals surface area contributed by atoms with Crippen LogP contribution in [0.5, 0.6) is 11.5 Å². The summed E-state index contributed by atoms with van der Waals surface area (Å²) in [7, 11) is 0. The topological polar surface area (TPSA) is 115 Å². The number of nitrogens with zero attached hydrogens (tertiary/aromatic N) is 2. The second-order valence-corrected chi connectivity index (χ2v) is 5.85. The van der Waals surface area contributed by atoms with Gasteiger partial charge in [0.05, 0.1) is 11.4 Å². The van der Waals surface area contributed by atoms with Gasteiger partial charge in [0.15, 0.2) is 5.75 Å². The number of aromatic carboxylic acids is 1. The van der Waals surface area contributed by atoms with E-state index in [1.807, 2.05) is 25.1 Å². The van der Waals surface area contributed by atoms with Crippen molar-refractivity contribution in [1.29, 1.82) is 0 Å². The van der Waals surface area contributed by atoms with Gasteiger partial charge in [0.2, 0.25) is 0 Å². The van der Waals surface area contributed by atoms with Crippen molar-refractivity contribution in [3.05, 3.63) is 71.8 Å². The number of benzene rings is 3. The molecule has 0 saturated carbocycles. The monoisotopic (exact) mass is 363 g/mol. The van der Waals surface area contributed by atoms with E-state index in [1.165, 1.54) is 6.07 Å². The van der Waals surface area contributed by atoms with Crippen molar-refractivity contribution in [3.63, 3.8) is 0 Å². The summed E-state index contributed by atoms with van der Waals surface area (Å²) in [6, 6.07) is 17.1. The van der Waals surface area contributed by atoms with Crippen LogP contribution in [0.1, 0.15) is 15.9 Å². The molecule has 0 aliphatic heterocycles. The van der Waals surface area contributed by atoms with Crippen LogP contribution in [-0.4, -0.2) is 21.3 Å². The molecule has 3 aromatic rings. The Morgan fingerprint density at radius 1 is 0.963 bits per heavy atom. The number of nitrogens with one attached hydrogen (secondary N) is 1. The average molecular weight is 363 g/mol. The van der Waals surface area contributed by atoms with E-state index in [1.54, 1.807) is 36.4 Å². The van der Waals surface area contributed by atoms with Crippen LogP contribution >= 0.6 is 0 Å². The van der Waals surface area contributed by atoms with Crippen molar-refractivity contribution >= 4 is 28.7 Å². The molecule has 0 unspecified atom stereocenters. The molecule has 0 saturated heterocycles. The third kappa shape index (κ3) is 4.04. The number of hydrogen-bond acceptors (Lipinski definition) is 6. The zero-order valence-corrected chi connectivity index (χ0v) is 14.4. The van der Waals surface area contributed by atoms with Crippen LogP contribution in [0.2, 0.25) is 0 Å². The number of anilines is 2. The van der Waals surface area contributed by atoms with Crippen LogP contribution in [0.15, 0.2) is 70.9 Å². The summed E-state index contributed by atoms with van der Waals surface area (Å²) in [6.45, 7) is 1.92. The van der Waals surface area contributed by atoms with Gasteiger partial charge >= 0.3 is 5.97 Å². The molecule has 0 spiro atoms. The highest BCUT2D eigenvalue weighted by molar-refractivity contribution is 6.01. The normalized spacial score (nSPS) is 10.9. The lowest BCUT2D eigenvalue weighted by Crippen LogP contribution is -2.01. The maximum atomic E-state index is 11.7. The molecule has 0 aliphatic rings. The molecule has 4 N–H and O–H groups in total. The van der Waals surface area contributed by atoms with Gasteiger partial charge in [-0.05, 0) is 31.2 Å². The standard InChI is InChI=1S/C20H17N3O4/c1-12-7-9-14(10-8-12)22-23-18-16(24)11-15(19(25)17(18)20(26)27)21-13-5-3-2-4-6-13/h2-11,21,24-25H,1H3,(H,26,27). The van der Waals surface area contributed by atoms with Crippen LogP contribution in [0.25, 0.3) is 0 Å². The molecule has 0 amide bonds. The third-order valence-electron chi connectivity index (χ3n) is 3.82. The third-order valence-corrected chi connectivity index (χ3v) is 3.82. The van der Waals surface area contributed by atoms with Crippen molar-refractivity contribution in [2.75, 3.05) is 5.32 Å². The number of aryl methyl sites for hydroxylation is 1. The van der Waals surface area contributed by atoms with E-state index in [2.05, 4.69) is 15.5 Å². The van der Waals surface area contributed by atoms with Crippen LogP contribution in [0, 0.1) is 6.92 Å². The van der Waals surface area contributed by atoms with Gasteiger partial charge in [-0.15, -0.1) is 5.11 Å². The fourth-order valence-electron chi connectivity index (χ4n) is 2.44. The number of para-hydroxylation sites is 1. The summed E-state index contributed by atoms with van der Waals surface area (Å²) in [4.78, 5) is 11.7. The summed E-state index contributed by atoms with van der Waals surface area (Å²) in [5, 5.41) is 40.8. The van der Waals surface area contributed by atoms with Crippen molar-refractivity contribution < 1.29 is 20.1 Å². The van der Waals surface area contributed by atoms with Crippen molar-refractivity contribution in [3.8, 4) is 11.5 Å². The minimum atomic E-state index is -1.43. The van der Waals surface area contributed by atoms with Gasteiger partial charge in [0, 0.05) is 11.8 Å². The smallest absolute Gasteiger partial charge is 0.342 e. The average Bonchev–Trinajstić information content (AvgIpc) is 2.65. The molecule has 0 atom stereocenters. The van der Waals surface area contributed by atoms with E-state index < -0.39 is 23.0 Å². The van der Waals surface area contributed by atoms with Gasteiger partial charge in [0.25, 0.3) is 0 Å². The largest absolute Gasteiger partial charge is 0.506 e. The lowest BCUT2D eigenvalue weighted by atomic mass is 10.1. The van der Waals surface area contributed by atoms with Crippen molar-refractivity contribution in [2.24, 2.45) is 10.2 Å². The first-order valence-corrected chi connectivity index (χ1v) is 8.08. The molecule has 3 rings (SSSR count). The summed E-state index contributed by atoms with van der Waals surface area (Å²) in [5.74, 6) is -2.39. The van der Waals surface area contributed by atoms with Crippen LogP contribution in [-0.2, 0) is 0 Å². The molecular formula is C20H17N3O4. The van der Waals surface area contributed by atoms with Crippen molar-refractivity contribution in [2.45, 2.75) is 6.92 Å². The number of hydrogen-bond donors (Lipinski definition) is 4. The number of carboxylic acid groups (broad SMARTS) is 1. The Labute approximate surface area is 155 Å². The van der Waals surface area contributed by atoms with Crippen molar-refractivity contribution in [1.82, 2.24) is 0 Å². The Morgan fingerprint density at radius 3 is 2.26 bits per heavy atom. The molecule has 0 bridgehead atoms. The molecule has 7 nitrogen and oxygen atoms in total. The summed E-state index contributed by atoms with van der Waals surface area (Å²) in [5.41, 5.74) is 1.34. The molecule has 0 aliphatic carbocycles. The maximum Gasteiger partial charge on any atom is 0.342 e. The van der Waals surface area contributed by atoms with Gasteiger partial charge < -0.3 is 20.6 Å². The number of carbonyl (C=O) groups is 1. The minimum Gasteiger partial charge on any atom is -0.506 e. The van der Waals surface area contributed by atoms with Gasteiger partial charge in [-0.25, -0.2) is 4.79 Å². The lowest BCUT2D eigenvalue weighted by Gasteiger charge is -2.13. The second kappa shape index (κ2) is 7.57. The Hall–Kier alpha value is -3.87. The Bertz CT molecular complexity index is 1000. The quantitative estimate of drug-likeness (QED) is 0.280. The van der Waals surface area contributed by atoms with Gasteiger partial charge in [0.1, 0.15) is 17.0 Å². The predicted molar refractivity (Wildman–Crippen MR) is 102 cm³/mol. The van der Waals surface area contributed by atoms with Crippen LogP contribution < -0.4 is 5.32 Å². The summed E-state index contributed by atoms with van der Waals surface area (Å²) in [6.07, 6.45) is 0. The van der Waals surface area contributed by atoms with E-state index >= 15 is 0 Å². The first-order valence-electron chi connectivity index (χ1n) is 8.08. The number of phenolic OH excluding ortho intramolecular Hbond substituents is 1. The second-order valence-electron chi connectivity index (χ2n) is 5.85. The molecule has 0 heterocycles. The molecule has 0 aromatic heterocycles. The molecular weight excluding hydrogens is 346 g/mol. The first-order chi connectivity index (χ1) is 13.0. The van der Waals surface area contributed by atoms with E-state index in [0.717, 1.165) is 5.56 Å². The molecule has 7 heteroatoms. The number of phenols is 2. The van der Waals surface area contributed by atoms with E-state index in [4.69, 9.17) is 0 Å². The number of aromatic hydroxyl groups is 2. The Kier molecular flexibility index (Phi) is 5.03. The molecule has 0 radical (unpaired) electrons. The van der Waals surface area contributed by atoms with Gasteiger partial charge in [-0.1, -0.05) is 35.9 Å². The summed E-state index contributed by atoms with van der Waals surface area (Å²) >= 11 is 0. The number of rotatable bonds is 5. The van der Waals surface area contributed by atoms with Gasteiger partial charge in [-0.3, -0.25) is 0 Å². The molecule has 27 heavy (non-hydrogen) atoms.